The number of hydrogen-bond donors (Lipinski definition) is 2. The Morgan fingerprint density at radius 2 is 1.67 bits per heavy atom. The molecule has 0 saturated heterocycles. The first-order valence-corrected chi connectivity index (χ1v) is 18.8. The number of amides is 2. The van der Waals surface area contributed by atoms with E-state index in [1.54, 1.807) is 18.7 Å². The quantitative estimate of drug-likeness (QED) is 0.154. The van der Waals surface area contributed by atoms with E-state index in [9.17, 15) is 14.4 Å². The number of carbonyl (C=O) groups excluding carboxylic acids is 2. The fourth-order valence-corrected chi connectivity index (χ4v) is 8.68. The number of nitrogens with one attached hydrogen (secondary N) is 2. The van der Waals surface area contributed by atoms with Gasteiger partial charge in [0.05, 0.1) is 29.2 Å². The van der Waals surface area contributed by atoms with Crippen LogP contribution < -0.4 is 25.7 Å². The number of fused-ring (bicyclic) bond motifs is 2. The first-order valence-electron chi connectivity index (χ1n) is 17.0. The Morgan fingerprint density at radius 1 is 0.923 bits per heavy atom. The predicted octanol–water partition coefficient (Wildman–Crippen LogP) is 6.44. The third-order valence-corrected chi connectivity index (χ3v) is 11.5. The monoisotopic (exact) mass is 733 g/mol. The molecule has 2 N–H and O–H groups in total. The molecule has 52 heavy (non-hydrogen) atoms. The highest BCUT2D eigenvalue weighted by molar-refractivity contribution is 7.99. The molecule has 264 valence electrons. The SMILES string of the molecule is Cc1c(NC(=O)c2c(NC(=O)CSc3nnc(-c4ccccc4)n3Cc3ccc4c(c3)OCO4)sc3c2CCCC3)c(=O)n(-c2ccccc2)n1C. The molecule has 0 radical (unpaired) electrons. The Hall–Kier alpha value is -5.60. The summed E-state index contributed by atoms with van der Waals surface area (Å²) in [6.45, 7) is 2.44. The molecule has 3 aromatic heterocycles. The van der Waals surface area contributed by atoms with E-state index in [4.69, 9.17) is 9.47 Å². The highest BCUT2D eigenvalue weighted by Crippen LogP contribution is 2.39. The number of thioether (sulfide) groups is 1. The molecule has 0 saturated carbocycles. The van der Waals surface area contributed by atoms with Crippen LogP contribution in [0.4, 0.5) is 10.7 Å². The van der Waals surface area contributed by atoms with Crippen LogP contribution in [0.2, 0.25) is 0 Å². The van der Waals surface area contributed by atoms with Gasteiger partial charge in [0.25, 0.3) is 11.5 Å². The number of nitrogens with zero attached hydrogens (tertiary/aromatic N) is 5. The Labute approximate surface area is 307 Å². The first-order chi connectivity index (χ1) is 25.4. The highest BCUT2D eigenvalue weighted by Gasteiger charge is 2.29. The van der Waals surface area contributed by atoms with Crippen LogP contribution in [0.5, 0.6) is 11.5 Å². The van der Waals surface area contributed by atoms with Gasteiger partial charge in [-0.15, -0.1) is 21.5 Å². The van der Waals surface area contributed by atoms with Crippen molar-refractivity contribution in [2.24, 2.45) is 7.05 Å². The molecule has 0 unspecified atom stereocenters. The standard InChI is InChI=1S/C38H35N7O5S2/c1-23-33(37(48)45(43(23)2)26-13-7-4-8-14-26)40-35(47)32-27-15-9-10-16-30(27)52-36(32)39-31(46)21-51-38-42-41-34(25-11-5-3-6-12-25)44(38)20-24-17-18-28-29(19-24)50-22-49-28/h3-8,11-14,17-19H,9-10,15-16,20-22H2,1-2H3,(H,39,46)(H,40,47). The van der Waals surface area contributed by atoms with Gasteiger partial charge in [-0.1, -0.05) is 66.4 Å². The summed E-state index contributed by atoms with van der Waals surface area (Å²) in [7, 11) is 1.79. The lowest BCUT2D eigenvalue weighted by Crippen LogP contribution is -2.24. The van der Waals surface area contributed by atoms with Crippen molar-refractivity contribution in [2.75, 3.05) is 23.2 Å². The van der Waals surface area contributed by atoms with Crippen molar-refractivity contribution in [2.45, 2.75) is 44.3 Å². The molecule has 12 nitrogen and oxygen atoms in total. The van der Waals surface area contributed by atoms with Crippen molar-refractivity contribution in [3.05, 3.63) is 116 Å². The van der Waals surface area contributed by atoms with Gasteiger partial charge < -0.3 is 20.1 Å². The largest absolute Gasteiger partial charge is 0.454 e. The summed E-state index contributed by atoms with van der Waals surface area (Å²) in [5.74, 6) is 1.41. The van der Waals surface area contributed by atoms with E-state index in [-0.39, 0.29) is 29.7 Å². The van der Waals surface area contributed by atoms with Crippen molar-refractivity contribution < 1.29 is 19.1 Å². The van der Waals surface area contributed by atoms with Crippen molar-refractivity contribution in [1.29, 1.82) is 0 Å². The molecule has 0 spiro atoms. The lowest BCUT2D eigenvalue weighted by Gasteiger charge is -2.13. The number of thiophene rings is 1. The summed E-state index contributed by atoms with van der Waals surface area (Å²) in [5, 5.41) is 16.0. The molecule has 0 fully saturated rings. The fraction of sp³-hybridized carbons (Fsp3) is 0.237. The van der Waals surface area contributed by atoms with E-state index >= 15 is 0 Å². The van der Waals surface area contributed by atoms with Crippen molar-refractivity contribution in [3.8, 4) is 28.6 Å². The summed E-state index contributed by atoms with van der Waals surface area (Å²) in [5.41, 5.74) is 4.41. The third-order valence-electron chi connectivity index (χ3n) is 9.30. The van der Waals surface area contributed by atoms with Gasteiger partial charge in [-0.3, -0.25) is 23.6 Å². The predicted molar refractivity (Wildman–Crippen MR) is 201 cm³/mol. The molecular formula is C38H35N7O5S2. The van der Waals surface area contributed by atoms with E-state index in [1.807, 2.05) is 83.4 Å². The lowest BCUT2D eigenvalue weighted by atomic mass is 9.95. The summed E-state index contributed by atoms with van der Waals surface area (Å²) < 4.78 is 16.3. The molecule has 1 aliphatic carbocycles. The zero-order valence-electron chi connectivity index (χ0n) is 28.5. The molecule has 3 aromatic carbocycles. The second-order valence-corrected chi connectivity index (χ2v) is 14.6. The molecule has 4 heterocycles. The van der Waals surface area contributed by atoms with Gasteiger partial charge in [0.1, 0.15) is 10.7 Å². The Kier molecular flexibility index (Phi) is 9.16. The molecule has 0 atom stereocenters. The van der Waals surface area contributed by atoms with Crippen molar-refractivity contribution in [3.63, 3.8) is 0 Å². The normalized spacial score (nSPS) is 13.2. The van der Waals surface area contributed by atoms with E-state index in [1.165, 1.54) is 27.8 Å². The van der Waals surface area contributed by atoms with Crippen LogP contribution in [0, 0.1) is 6.92 Å². The summed E-state index contributed by atoms with van der Waals surface area (Å²) in [4.78, 5) is 42.4. The average molecular weight is 734 g/mol. The van der Waals surface area contributed by atoms with E-state index in [2.05, 4.69) is 20.8 Å². The topological polar surface area (TPSA) is 134 Å². The molecule has 6 aromatic rings. The maximum atomic E-state index is 14.1. The number of carbonyl (C=O) groups is 2. The average Bonchev–Trinajstić information content (AvgIpc) is 3.93. The van der Waals surface area contributed by atoms with Gasteiger partial charge in [0.2, 0.25) is 12.7 Å². The van der Waals surface area contributed by atoms with Crippen LogP contribution in [0.1, 0.15) is 44.9 Å². The summed E-state index contributed by atoms with van der Waals surface area (Å²) >= 11 is 2.71. The van der Waals surface area contributed by atoms with Gasteiger partial charge in [-0.25, -0.2) is 4.68 Å². The number of rotatable bonds is 10. The zero-order chi connectivity index (χ0) is 35.8. The number of para-hydroxylation sites is 1. The van der Waals surface area contributed by atoms with Gasteiger partial charge in [-0.2, -0.15) is 0 Å². The minimum Gasteiger partial charge on any atom is -0.454 e. The van der Waals surface area contributed by atoms with Crippen molar-refractivity contribution in [1.82, 2.24) is 24.1 Å². The number of anilines is 2. The minimum absolute atomic E-state index is 0.0390. The van der Waals surface area contributed by atoms with E-state index in [0.29, 0.717) is 51.0 Å². The van der Waals surface area contributed by atoms with Gasteiger partial charge >= 0.3 is 0 Å². The second kappa shape index (κ2) is 14.2. The minimum atomic E-state index is -0.413. The third kappa shape index (κ3) is 6.39. The van der Waals surface area contributed by atoms with Gasteiger partial charge in [0, 0.05) is 17.5 Å². The summed E-state index contributed by atoms with van der Waals surface area (Å²) in [6, 6.07) is 24.9. The van der Waals surface area contributed by atoms with Crippen molar-refractivity contribution >= 4 is 45.6 Å². The van der Waals surface area contributed by atoms with E-state index in [0.717, 1.165) is 47.3 Å². The van der Waals surface area contributed by atoms with Gasteiger partial charge in [-0.05, 0) is 68.0 Å². The lowest BCUT2D eigenvalue weighted by molar-refractivity contribution is -0.113. The highest BCUT2D eigenvalue weighted by atomic mass is 32.2. The number of aryl methyl sites for hydroxylation is 1. The van der Waals surface area contributed by atoms with Crippen LogP contribution in [0.15, 0.2) is 88.8 Å². The van der Waals surface area contributed by atoms with E-state index < -0.39 is 5.91 Å². The number of benzene rings is 3. The smallest absolute Gasteiger partial charge is 0.295 e. The van der Waals surface area contributed by atoms with Crippen LogP contribution >= 0.6 is 23.1 Å². The molecule has 2 aliphatic rings. The van der Waals surface area contributed by atoms with Gasteiger partial charge in [0.15, 0.2) is 22.5 Å². The fourth-order valence-electron chi connectivity index (χ4n) is 6.64. The number of aromatic nitrogens is 5. The maximum absolute atomic E-state index is 14.1. The zero-order valence-corrected chi connectivity index (χ0v) is 30.2. The Morgan fingerprint density at radius 3 is 2.48 bits per heavy atom. The Bertz CT molecular complexity index is 2360. The molecule has 14 heteroatoms. The molecule has 8 rings (SSSR count). The maximum Gasteiger partial charge on any atom is 0.295 e. The van der Waals surface area contributed by atoms with Crippen LogP contribution in [-0.4, -0.2) is 48.5 Å². The summed E-state index contributed by atoms with van der Waals surface area (Å²) in [6.07, 6.45) is 3.52. The van der Waals surface area contributed by atoms with Crippen LogP contribution in [0.25, 0.3) is 17.1 Å². The van der Waals surface area contributed by atoms with Crippen LogP contribution in [0.3, 0.4) is 0 Å². The molecule has 1 aliphatic heterocycles. The molecular weight excluding hydrogens is 699 g/mol. The number of ether oxygens (including phenoxy) is 2. The molecule has 0 bridgehead atoms. The Balaban J connectivity index is 1.04. The first kappa shape index (κ1) is 33.5. The number of hydrogen-bond acceptors (Lipinski definition) is 9. The second-order valence-electron chi connectivity index (χ2n) is 12.6. The van der Waals surface area contributed by atoms with Crippen LogP contribution in [-0.2, 0) is 31.2 Å². The molecule has 2 amide bonds.